The molecule has 1 aromatic heterocycles. The predicted octanol–water partition coefficient (Wildman–Crippen LogP) is 2.47. The van der Waals surface area contributed by atoms with Gasteiger partial charge in [-0.2, -0.15) is 4.31 Å². The Kier molecular flexibility index (Phi) is 4.38. The number of sulfonamides is 1. The van der Waals surface area contributed by atoms with Crippen LogP contribution in [0.3, 0.4) is 0 Å². The molecule has 1 aromatic carbocycles. The highest BCUT2D eigenvalue weighted by Crippen LogP contribution is 2.30. The van der Waals surface area contributed by atoms with Gasteiger partial charge in [-0.15, -0.1) is 0 Å². The standard InChI is InChI=1S/C15H18BrN3O2S/c1-2-22(20,21)19-10-8-18(9-11-19)14-6-7-17-15-12(14)4-3-5-13(15)16/h3-7H,2,8-11H2,1H3. The third-order valence-electron chi connectivity index (χ3n) is 4.04. The third kappa shape index (κ3) is 2.85. The number of halogens is 1. The van der Waals surface area contributed by atoms with Crippen molar-refractivity contribution in [3.05, 3.63) is 34.9 Å². The zero-order chi connectivity index (χ0) is 15.7. The molecule has 1 aliphatic heterocycles. The number of hydrogen-bond acceptors (Lipinski definition) is 4. The van der Waals surface area contributed by atoms with Crippen molar-refractivity contribution < 1.29 is 8.42 Å². The van der Waals surface area contributed by atoms with Crippen molar-refractivity contribution in [1.82, 2.24) is 9.29 Å². The molecule has 0 atom stereocenters. The summed E-state index contributed by atoms with van der Waals surface area (Å²) in [5.41, 5.74) is 2.04. The molecule has 0 bridgehead atoms. The van der Waals surface area contributed by atoms with Gasteiger partial charge in [0.2, 0.25) is 10.0 Å². The number of nitrogens with zero attached hydrogens (tertiary/aromatic N) is 3. The average molecular weight is 384 g/mol. The first-order chi connectivity index (χ1) is 10.5. The molecular weight excluding hydrogens is 366 g/mol. The molecule has 0 saturated carbocycles. The fourth-order valence-electron chi connectivity index (χ4n) is 2.79. The Bertz CT molecular complexity index is 786. The Labute approximate surface area is 139 Å². The number of benzene rings is 1. The van der Waals surface area contributed by atoms with Crippen LogP contribution in [0.2, 0.25) is 0 Å². The second-order valence-electron chi connectivity index (χ2n) is 5.25. The predicted molar refractivity (Wildman–Crippen MR) is 92.7 cm³/mol. The number of pyridine rings is 1. The Balaban J connectivity index is 1.87. The van der Waals surface area contributed by atoms with Crippen LogP contribution in [0.1, 0.15) is 6.92 Å². The largest absolute Gasteiger partial charge is 0.368 e. The molecule has 0 aliphatic carbocycles. The molecule has 2 heterocycles. The monoisotopic (exact) mass is 383 g/mol. The van der Waals surface area contributed by atoms with E-state index in [1.807, 2.05) is 18.2 Å². The summed E-state index contributed by atoms with van der Waals surface area (Å²) < 4.78 is 26.4. The molecule has 1 fully saturated rings. The molecule has 1 aliphatic rings. The van der Waals surface area contributed by atoms with Gasteiger partial charge in [-0.25, -0.2) is 8.42 Å². The fraction of sp³-hybridized carbons (Fsp3) is 0.400. The number of fused-ring (bicyclic) bond motifs is 1. The minimum absolute atomic E-state index is 0.165. The van der Waals surface area contributed by atoms with Gasteiger partial charge in [-0.3, -0.25) is 4.98 Å². The normalized spacial score (nSPS) is 17.1. The number of para-hydroxylation sites is 1. The van der Waals surface area contributed by atoms with Gasteiger partial charge in [-0.1, -0.05) is 12.1 Å². The summed E-state index contributed by atoms with van der Waals surface area (Å²) in [5.74, 6) is 0.165. The van der Waals surface area contributed by atoms with Crippen LogP contribution in [-0.4, -0.2) is 49.6 Å². The number of anilines is 1. The topological polar surface area (TPSA) is 53.5 Å². The number of hydrogen-bond donors (Lipinski definition) is 0. The van der Waals surface area contributed by atoms with Crippen molar-refractivity contribution in [3.63, 3.8) is 0 Å². The molecule has 0 radical (unpaired) electrons. The summed E-state index contributed by atoms with van der Waals surface area (Å²) in [4.78, 5) is 6.66. The highest BCUT2D eigenvalue weighted by Gasteiger charge is 2.26. The molecule has 0 N–H and O–H groups in total. The molecule has 5 nitrogen and oxygen atoms in total. The first-order valence-corrected chi connectivity index (χ1v) is 9.69. The second-order valence-corrected chi connectivity index (χ2v) is 8.36. The van der Waals surface area contributed by atoms with Gasteiger partial charge < -0.3 is 4.90 Å². The maximum Gasteiger partial charge on any atom is 0.213 e. The van der Waals surface area contributed by atoms with Gasteiger partial charge in [0.15, 0.2) is 0 Å². The molecule has 0 spiro atoms. The van der Waals surface area contributed by atoms with Crippen LogP contribution in [0.25, 0.3) is 10.9 Å². The highest BCUT2D eigenvalue weighted by molar-refractivity contribution is 9.10. The van der Waals surface area contributed by atoms with Crippen molar-refractivity contribution in [3.8, 4) is 0 Å². The number of piperazine rings is 1. The van der Waals surface area contributed by atoms with Gasteiger partial charge in [0, 0.05) is 47.9 Å². The van der Waals surface area contributed by atoms with Crippen molar-refractivity contribution >= 4 is 42.5 Å². The van der Waals surface area contributed by atoms with Gasteiger partial charge in [0.1, 0.15) is 0 Å². The fourth-order valence-corrected chi connectivity index (χ4v) is 4.34. The molecule has 0 amide bonds. The Hall–Kier alpha value is -1.18. The molecule has 118 valence electrons. The number of rotatable bonds is 3. The minimum Gasteiger partial charge on any atom is -0.368 e. The van der Waals surface area contributed by atoms with E-state index in [0.29, 0.717) is 26.2 Å². The van der Waals surface area contributed by atoms with Crippen molar-refractivity contribution in [2.24, 2.45) is 0 Å². The lowest BCUT2D eigenvalue weighted by Crippen LogP contribution is -2.49. The average Bonchev–Trinajstić information content (AvgIpc) is 2.55. The van der Waals surface area contributed by atoms with E-state index in [1.165, 1.54) is 0 Å². The quantitative estimate of drug-likeness (QED) is 0.816. The first-order valence-electron chi connectivity index (χ1n) is 7.29. The van der Waals surface area contributed by atoms with Crippen LogP contribution in [-0.2, 0) is 10.0 Å². The van der Waals surface area contributed by atoms with E-state index >= 15 is 0 Å². The zero-order valence-corrected chi connectivity index (χ0v) is 14.8. The van der Waals surface area contributed by atoms with E-state index in [4.69, 9.17) is 0 Å². The second kappa shape index (κ2) is 6.14. The maximum atomic E-state index is 11.9. The highest BCUT2D eigenvalue weighted by atomic mass is 79.9. The molecule has 7 heteroatoms. The lowest BCUT2D eigenvalue weighted by atomic mass is 10.1. The van der Waals surface area contributed by atoms with E-state index in [0.717, 1.165) is 21.1 Å². The van der Waals surface area contributed by atoms with Gasteiger partial charge in [0.05, 0.1) is 11.3 Å². The summed E-state index contributed by atoms with van der Waals surface area (Å²) in [6.07, 6.45) is 1.80. The summed E-state index contributed by atoms with van der Waals surface area (Å²) in [6, 6.07) is 8.02. The smallest absolute Gasteiger partial charge is 0.213 e. The molecule has 2 aromatic rings. The molecule has 0 unspecified atom stereocenters. The van der Waals surface area contributed by atoms with Crippen molar-refractivity contribution in [2.45, 2.75) is 6.92 Å². The summed E-state index contributed by atoms with van der Waals surface area (Å²) in [6.45, 7) is 4.16. The molecule has 1 saturated heterocycles. The van der Waals surface area contributed by atoms with E-state index in [2.05, 4.69) is 31.9 Å². The molecule has 3 rings (SSSR count). The summed E-state index contributed by atoms with van der Waals surface area (Å²) in [5, 5.41) is 1.09. The summed E-state index contributed by atoms with van der Waals surface area (Å²) in [7, 11) is -3.09. The SMILES string of the molecule is CCS(=O)(=O)N1CCN(c2ccnc3c(Br)cccc23)CC1. The van der Waals surface area contributed by atoms with Gasteiger partial charge >= 0.3 is 0 Å². The lowest BCUT2D eigenvalue weighted by Gasteiger charge is -2.35. The van der Waals surface area contributed by atoms with Gasteiger partial charge in [-0.05, 0) is 35.0 Å². The van der Waals surface area contributed by atoms with Crippen molar-refractivity contribution in [2.75, 3.05) is 36.8 Å². The maximum absolute atomic E-state index is 11.9. The Morgan fingerprint density at radius 1 is 1.18 bits per heavy atom. The molecular formula is C15H18BrN3O2S. The van der Waals surface area contributed by atoms with E-state index in [1.54, 1.807) is 17.4 Å². The van der Waals surface area contributed by atoms with Crippen LogP contribution in [0, 0.1) is 0 Å². The van der Waals surface area contributed by atoms with Crippen LogP contribution in [0.5, 0.6) is 0 Å². The van der Waals surface area contributed by atoms with E-state index in [9.17, 15) is 8.42 Å². The minimum atomic E-state index is -3.09. The Morgan fingerprint density at radius 2 is 1.91 bits per heavy atom. The van der Waals surface area contributed by atoms with E-state index in [-0.39, 0.29) is 5.75 Å². The van der Waals surface area contributed by atoms with Crippen molar-refractivity contribution in [1.29, 1.82) is 0 Å². The van der Waals surface area contributed by atoms with E-state index < -0.39 is 10.0 Å². The molecule has 22 heavy (non-hydrogen) atoms. The number of aromatic nitrogens is 1. The Morgan fingerprint density at radius 3 is 2.59 bits per heavy atom. The van der Waals surface area contributed by atoms with Crippen LogP contribution in [0.4, 0.5) is 5.69 Å². The van der Waals surface area contributed by atoms with Crippen LogP contribution >= 0.6 is 15.9 Å². The van der Waals surface area contributed by atoms with Crippen LogP contribution in [0.15, 0.2) is 34.9 Å². The third-order valence-corrected chi connectivity index (χ3v) is 6.56. The summed E-state index contributed by atoms with van der Waals surface area (Å²) >= 11 is 3.53. The van der Waals surface area contributed by atoms with Gasteiger partial charge in [0.25, 0.3) is 0 Å². The zero-order valence-electron chi connectivity index (χ0n) is 12.4. The lowest BCUT2D eigenvalue weighted by molar-refractivity contribution is 0.386. The first kappa shape index (κ1) is 15.7. The van der Waals surface area contributed by atoms with Crippen LogP contribution < -0.4 is 4.90 Å².